The molecule has 1 saturated heterocycles. The summed E-state index contributed by atoms with van der Waals surface area (Å²) >= 11 is 7.20. The molecule has 0 bridgehead atoms. The molecule has 1 aliphatic carbocycles. The van der Waals surface area contributed by atoms with E-state index in [9.17, 15) is 21.4 Å². The Hall–Kier alpha value is -1.94. The summed E-state index contributed by atoms with van der Waals surface area (Å²) in [7, 11) is -6.76. The van der Waals surface area contributed by atoms with Gasteiger partial charge in [-0.05, 0) is 45.6 Å². The molecule has 2 N–H and O–H groups in total. The minimum absolute atomic E-state index is 0.0369. The molecule has 202 valence electrons. The van der Waals surface area contributed by atoms with Gasteiger partial charge in [0.25, 0.3) is 6.43 Å². The number of piperidine rings is 1. The third-order valence-electron chi connectivity index (χ3n) is 7.26. The Bertz CT molecular complexity index is 1590. The monoisotopic (exact) mass is 593 g/mol. The van der Waals surface area contributed by atoms with Gasteiger partial charge in [-0.2, -0.15) is 0 Å². The van der Waals surface area contributed by atoms with Gasteiger partial charge in [-0.1, -0.05) is 22.9 Å². The molecule has 1 saturated carbocycles. The van der Waals surface area contributed by atoms with E-state index in [0.717, 1.165) is 12.8 Å². The van der Waals surface area contributed by atoms with E-state index in [1.165, 1.54) is 22.9 Å². The number of sulfonamides is 1. The lowest BCUT2D eigenvalue weighted by atomic mass is 9.97. The first kappa shape index (κ1) is 26.7. The van der Waals surface area contributed by atoms with Crippen LogP contribution in [0.25, 0.3) is 16.3 Å². The zero-order valence-electron chi connectivity index (χ0n) is 20.3. The fourth-order valence-electron chi connectivity index (χ4n) is 4.36. The number of nitrogens with one attached hydrogen (secondary N) is 2. The maximum Gasteiger partial charge on any atom is 0.291 e. The molecule has 3 aromatic rings. The molecule has 5 rings (SSSR count). The van der Waals surface area contributed by atoms with E-state index in [0.29, 0.717) is 48.5 Å². The van der Waals surface area contributed by atoms with Crippen molar-refractivity contribution < 1.29 is 21.4 Å². The number of hydrogen-bond acceptors (Lipinski definition) is 9. The lowest BCUT2D eigenvalue weighted by molar-refractivity contribution is 0.150. The van der Waals surface area contributed by atoms with Crippen molar-refractivity contribution in [3.05, 3.63) is 22.4 Å². The van der Waals surface area contributed by atoms with Crippen molar-refractivity contribution in [3.8, 4) is 10.8 Å². The first-order valence-corrected chi connectivity index (χ1v) is 16.1. The quantitative estimate of drug-likeness (QED) is 0.417. The summed E-state index contributed by atoms with van der Waals surface area (Å²) in [5, 5.41) is 7.01. The molecule has 3 aromatic heterocycles. The summed E-state index contributed by atoms with van der Waals surface area (Å²) in [6.45, 7) is 4.48. The molecule has 0 radical (unpaired) electrons. The van der Waals surface area contributed by atoms with Crippen molar-refractivity contribution in [1.82, 2.24) is 24.3 Å². The van der Waals surface area contributed by atoms with Crippen LogP contribution in [0.4, 0.5) is 14.5 Å². The second kappa shape index (κ2) is 8.79. The highest BCUT2D eigenvalue weighted by Crippen LogP contribution is 2.41. The highest BCUT2D eigenvalue weighted by atomic mass is 35.5. The molecule has 0 amide bonds. The Morgan fingerprint density at radius 3 is 2.35 bits per heavy atom. The Kier molecular flexibility index (Phi) is 6.34. The van der Waals surface area contributed by atoms with Crippen LogP contribution >= 0.6 is 22.9 Å². The molecule has 0 aromatic carbocycles. The second-order valence-corrected chi connectivity index (χ2v) is 15.9. The van der Waals surface area contributed by atoms with Gasteiger partial charge in [-0.25, -0.2) is 31.1 Å². The standard InChI is InChI=1S/C21H26ClF2N7O3S3/c1-20(4-5-20)29-37(33,34)12-10-13(30-8-6-21(2,7-9-30)36(3,25)32)14-15(22)26-17(31(14)11-12)19-28-27-18(35-19)16(23)24/h10-11,16,25,29H,4-9H2,1-3H3. The Balaban J connectivity index is 1.65. The number of anilines is 1. The van der Waals surface area contributed by atoms with Crippen molar-refractivity contribution in [2.75, 3.05) is 24.2 Å². The molecule has 16 heteroatoms. The van der Waals surface area contributed by atoms with Crippen LogP contribution in [0.2, 0.25) is 5.15 Å². The molecule has 2 aliphatic rings. The average molecular weight is 594 g/mol. The van der Waals surface area contributed by atoms with Gasteiger partial charge in [0.15, 0.2) is 21.0 Å². The summed E-state index contributed by atoms with van der Waals surface area (Å²) in [5.41, 5.74) is 0.367. The molecule has 0 spiro atoms. The molecular weight excluding hydrogens is 568 g/mol. The molecule has 1 atom stereocenters. The Labute approximate surface area is 222 Å². The van der Waals surface area contributed by atoms with Crippen LogP contribution in [0.3, 0.4) is 0 Å². The highest BCUT2D eigenvalue weighted by Gasteiger charge is 2.42. The molecule has 1 unspecified atom stereocenters. The predicted molar refractivity (Wildman–Crippen MR) is 139 cm³/mol. The number of nitrogens with zero attached hydrogens (tertiary/aromatic N) is 5. The van der Waals surface area contributed by atoms with E-state index in [1.54, 1.807) is 0 Å². The molecule has 37 heavy (non-hydrogen) atoms. The third kappa shape index (κ3) is 4.84. The zero-order valence-corrected chi connectivity index (χ0v) is 23.5. The van der Waals surface area contributed by atoms with E-state index in [1.807, 2.05) is 18.7 Å². The molecule has 2 fully saturated rings. The van der Waals surface area contributed by atoms with Crippen LogP contribution in [0, 0.1) is 4.78 Å². The lowest BCUT2D eigenvalue weighted by Gasteiger charge is -2.40. The fraction of sp³-hybridized carbons (Fsp3) is 0.571. The van der Waals surface area contributed by atoms with Crippen molar-refractivity contribution in [3.63, 3.8) is 0 Å². The Morgan fingerprint density at radius 2 is 1.81 bits per heavy atom. The molecular formula is C21H26ClF2N7O3S3. The third-order valence-corrected chi connectivity index (χ3v) is 12.3. The van der Waals surface area contributed by atoms with Crippen LogP contribution in [0.5, 0.6) is 0 Å². The zero-order chi connectivity index (χ0) is 27.0. The van der Waals surface area contributed by atoms with E-state index in [2.05, 4.69) is 19.9 Å². The first-order chi connectivity index (χ1) is 17.1. The number of halogens is 3. The van der Waals surface area contributed by atoms with Gasteiger partial charge >= 0.3 is 0 Å². The van der Waals surface area contributed by atoms with Crippen LogP contribution in [-0.4, -0.2) is 61.8 Å². The van der Waals surface area contributed by atoms with Crippen molar-refractivity contribution in [2.24, 2.45) is 0 Å². The summed E-state index contributed by atoms with van der Waals surface area (Å²) in [5.74, 6) is 0.102. The van der Waals surface area contributed by atoms with Gasteiger partial charge in [0.2, 0.25) is 10.0 Å². The number of imidazole rings is 1. The van der Waals surface area contributed by atoms with E-state index >= 15 is 0 Å². The van der Waals surface area contributed by atoms with Crippen molar-refractivity contribution in [1.29, 1.82) is 4.78 Å². The Morgan fingerprint density at radius 1 is 1.16 bits per heavy atom. The van der Waals surface area contributed by atoms with Crippen molar-refractivity contribution in [2.45, 2.75) is 61.1 Å². The van der Waals surface area contributed by atoms with Gasteiger partial charge in [-0.3, -0.25) is 9.18 Å². The van der Waals surface area contributed by atoms with Gasteiger partial charge in [0.1, 0.15) is 10.4 Å². The van der Waals surface area contributed by atoms with E-state index in [4.69, 9.17) is 16.4 Å². The second-order valence-electron chi connectivity index (χ2n) is 10.2. The van der Waals surface area contributed by atoms with Gasteiger partial charge in [-0.15, -0.1) is 10.2 Å². The fourth-order valence-corrected chi connectivity index (χ4v) is 7.76. The van der Waals surface area contributed by atoms with Gasteiger partial charge < -0.3 is 4.90 Å². The minimum atomic E-state index is -3.95. The topological polar surface area (TPSA) is 133 Å². The van der Waals surface area contributed by atoms with Crippen molar-refractivity contribution >= 4 is 53.9 Å². The molecule has 1 aliphatic heterocycles. The van der Waals surface area contributed by atoms with Crippen LogP contribution < -0.4 is 9.62 Å². The number of rotatable bonds is 7. The number of pyridine rings is 1. The van der Waals surface area contributed by atoms with E-state index < -0.39 is 41.5 Å². The number of fused-ring (bicyclic) bond motifs is 1. The highest BCUT2D eigenvalue weighted by molar-refractivity contribution is 7.93. The lowest BCUT2D eigenvalue weighted by Crippen LogP contribution is -2.46. The average Bonchev–Trinajstić information content (AvgIpc) is 3.19. The maximum atomic E-state index is 13.4. The number of alkyl halides is 2. The molecule has 10 nitrogen and oxygen atoms in total. The number of aromatic nitrogens is 4. The normalized spacial score (nSPS) is 20.9. The number of hydrogen-bond donors (Lipinski definition) is 2. The van der Waals surface area contributed by atoms with Gasteiger partial charge in [0.05, 0.1) is 10.4 Å². The summed E-state index contributed by atoms with van der Waals surface area (Å²) in [4.78, 5) is 6.24. The molecule has 4 heterocycles. The summed E-state index contributed by atoms with van der Waals surface area (Å²) in [6, 6.07) is 1.53. The first-order valence-electron chi connectivity index (χ1n) is 11.5. The smallest absolute Gasteiger partial charge is 0.291 e. The summed E-state index contributed by atoms with van der Waals surface area (Å²) < 4.78 is 77.3. The van der Waals surface area contributed by atoms with Gasteiger partial charge in [0, 0.05) is 40.8 Å². The largest absolute Gasteiger partial charge is 0.370 e. The van der Waals surface area contributed by atoms with Crippen LogP contribution in [-0.2, 0) is 19.8 Å². The van der Waals surface area contributed by atoms with E-state index in [-0.39, 0.29) is 20.9 Å². The minimum Gasteiger partial charge on any atom is -0.370 e. The summed E-state index contributed by atoms with van der Waals surface area (Å²) in [6.07, 6.45) is 2.35. The maximum absolute atomic E-state index is 13.4. The van der Waals surface area contributed by atoms with Crippen LogP contribution in [0.15, 0.2) is 17.2 Å². The predicted octanol–water partition coefficient (Wildman–Crippen LogP) is 4.31. The van der Waals surface area contributed by atoms with Crippen LogP contribution in [0.1, 0.15) is 51.0 Å². The SMILES string of the molecule is CC1(NS(=O)(=O)c2cc(N3CCC(C)(S(C)(=N)=O)CC3)c3c(Cl)nc(-c4nnc(C(F)F)s4)n3c2)CC1.